The molecule has 0 bridgehead atoms. The average Bonchev–Trinajstić information content (AvgIpc) is 3.08. The molecule has 1 aliphatic rings. The van der Waals surface area contributed by atoms with Crippen LogP contribution in [-0.2, 0) is 4.79 Å². The minimum Gasteiger partial charge on any atom is -0.438 e. The van der Waals surface area contributed by atoms with Gasteiger partial charge in [-0.2, -0.15) is 4.98 Å². The van der Waals surface area contributed by atoms with Crippen molar-refractivity contribution >= 4 is 45.9 Å². The quantitative estimate of drug-likeness (QED) is 0.243. The van der Waals surface area contributed by atoms with E-state index in [9.17, 15) is 14.0 Å². The molecule has 0 N–H and O–H groups in total. The summed E-state index contributed by atoms with van der Waals surface area (Å²) in [6.45, 7) is 2.68. The molecule has 1 amide bonds. The van der Waals surface area contributed by atoms with Gasteiger partial charge in [0, 0.05) is 12.7 Å². The number of unbranched alkanes of at least 4 members (excludes halogenated alkanes) is 3. The van der Waals surface area contributed by atoms with E-state index >= 15 is 0 Å². The largest absolute Gasteiger partial charge is 0.438 e. The Morgan fingerprint density at radius 1 is 1.12 bits per heavy atom. The monoisotopic (exact) mass is 483 g/mol. The number of ether oxygens (including phenoxy) is 1. The van der Waals surface area contributed by atoms with E-state index in [0.717, 1.165) is 37.4 Å². The van der Waals surface area contributed by atoms with Crippen LogP contribution in [0, 0.1) is 5.82 Å². The lowest BCUT2D eigenvalue weighted by atomic mass is 10.2. The summed E-state index contributed by atoms with van der Waals surface area (Å²) in [5.74, 6) is -0.281. The second-order valence-electron chi connectivity index (χ2n) is 7.51. The molecule has 1 fully saturated rings. The third kappa shape index (κ3) is 5.15. The van der Waals surface area contributed by atoms with Crippen LogP contribution in [0.3, 0.4) is 0 Å². The highest BCUT2D eigenvalue weighted by Crippen LogP contribution is 2.34. The molecule has 0 aliphatic carbocycles. The SMILES string of the molecule is CCCCCCN1C(=O)/C(=C\c2c(Oc3ccc(F)cc3)nc3ccccn3c2=O)SC1=S. The van der Waals surface area contributed by atoms with Crippen molar-refractivity contribution in [2.24, 2.45) is 0 Å². The summed E-state index contributed by atoms with van der Waals surface area (Å²) in [6.07, 6.45) is 7.19. The van der Waals surface area contributed by atoms with Crippen LogP contribution in [0.25, 0.3) is 11.7 Å². The van der Waals surface area contributed by atoms with Crippen LogP contribution in [0.15, 0.2) is 58.4 Å². The molecular formula is C24H22FN3O3S2. The van der Waals surface area contributed by atoms with Gasteiger partial charge in [-0.05, 0) is 48.9 Å². The maximum absolute atomic E-state index is 13.3. The average molecular weight is 484 g/mol. The standard InChI is InChI=1S/C24H22FN3O3S2/c1-2-3-4-6-14-28-23(30)19(33-24(28)32)15-18-21(31-17-11-9-16(25)10-12-17)26-20-8-5-7-13-27(20)22(18)29/h5,7-13,15H,2-4,6,14H2,1H3/b19-15+. The van der Waals surface area contributed by atoms with Crippen LogP contribution < -0.4 is 10.3 Å². The number of aromatic nitrogens is 2. The van der Waals surface area contributed by atoms with Gasteiger partial charge in [0.2, 0.25) is 5.88 Å². The molecule has 4 rings (SSSR count). The highest BCUT2D eigenvalue weighted by Gasteiger charge is 2.32. The topological polar surface area (TPSA) is 63.9 Å². The summed E-state index contributed by atoms with van der Waals surface area (Å²) >= 11 is 6.57. The number of carbonyl (C=O) groups is 1. The first-order chi connectivity index (χ1) is 16.0. The molecule has 6 nitrogen and oxygen atoms in total. The Hall–Kier alpha value is -3.04. The van der Waals surface area contributed by atoms with Crippen molar-refractivity contribution in [2.45, 2.75) is 32.6 Å². The van der Waals surface area contributed by atoms with Crippen LogP contribution in [-0.4, -0.2) is 31.1 Å². The molecule has 9 heteroatoms. The highest BCUT2D eigenvalue weighted by molar-refractivity contribution is 8.26. The molecular weight excluding hydrogens is 461 g/mol. The molecule has 3 aromatic rings. The summed E-state index contributed by atoms with van der Waals surface area (Å²) in [4.78, 5) is 32.7. The third-order valence-electron chi connectivity index (χ3n) is 5.15. The van der Waals surface area contributed by atoms with Gasteiger partial charge in [-0.25, -0.2) is 4.39 Å². The van der Waals surface area contributed by atoms with Crippen LogP contribution in [0.2, 0.25) is 0 Å². The molecule has 3 heterocycles. The number of nitrogens with zero attached hydrogens (tertiary/aromatic N) is 3. The number of hydrogen-bond donors (Lipinski definition) is 0. The second kappa shape index (κ2) is 10.3. The lowest BCUT2D eigenvalue weighted by Crippen LogP contribution is -2.29. The van der Waals surface area contributed by atoms with E-state index in [1.165, 1.54) is 34.7 Å². The number of fused-ring (bicyclic) bond motifs is 1. The molecule has 0 spiro atoms. The zero-order chi connectivity index (χ0) is 23.4. The highest BCUT2D eigenvalue weighted by atomic mass is 32.2. The van der Waals surface area contributed by atoms with Crippen molar-refractivity contribution < 1.29 is 13.9 Å². The number of halogens is 1. The number of carbonyl (C=O) groups excluding carboxylic acids is 1. The Bertz CT molecular complexity index is 1290. The Labute approximate surface area is 200 Å². The van der Waals surface area contributed by atoms with Gasteiger partial charge in [0.05, 0.1) is 4.91 Å². The number of hydrogen-bond acceptors (Lipinski definition) is 6. The number of benzene rings is 1. The van der Waals surface area contributed by atoms with Gasteiger partial charge in [0.1, 0.15) is 27.1 Å². The smallest absolute Gasteiger partial charge is 0.269 e. The third-order valence-corrected chi connectivity index (χ3v) is 6.52. The predicted molar refractivity (Wildman–Crippen MR) is 132 cm³/mol. The Kier molecular flexibility index (Phi) is 7.20. The number of thioether (sulfide) groups is 1. The summed E-state index contributed by atoms with van der Waals surface area (Å²) in [6, 6.07) is 10.6. The number of thiocarbonyl (C=S) groups is 1. The Morgan fingerprint density at radius 3 is 2.67 bits per heavy atom. The van der Waals surface area contributed by atoms with Crippen molar-refractivity contribution in [1.82, 2.24) is 14.3 Å². The van der Waals surface area contributed by atoms with E-state index in [1.54, 1.807) is 29.3 Å². The fourth-order valence-corrected chi connectivity index (χ4v) is 4.71. The predicted octanol–water partition coefficient (Wildman–Crippen LogP) is 5.41. The van der Waals surface area contributed by atoms with Crippen LogP contribution >= 0.6 is 24.0 Å². The molecule has 1 aliphatic heterocycles. The van der Waals surface area contributed by atoms with E-state index in [4.69, 9.17) is 17.0 Å². The van der Waals surface area contributed by atoms with Crippen molar-refractivity contribution in [3.63, 3.8) is 0 Å². The molecule has 0 saturated carbocycles. The molecule has 1 aromatic carbocycles. The van der Waals surface area contributed by atoms with Gasteiger partial charge < -0.3 is 4.74 Å². The Balaban J connectivity index is 1.71. The normalized spacial score (nSPS) is 15.1. The van der Waals surface area contributed by atoms with Crippen molar-refractivity contribution in [2.75, 3.05) is 6.54 Å². The van der Waals surface area contributed by atoms with Crippen LogP contribution in [0.1, 0.15) is 38.2 Å². The summed E-state index contributed by atoms with van der Waals surface area (Å²) < 4.78 is 21.0. The van der Waals surface area contributed by atoms with Gasteiger partial charge in [-0.1, -0.05) is 56.2 Å². The molecule has 170 valence electrons. The summed E-state index contributed by atoms with van der Waals surface area (Å²) in [5, 5.41) is 0. The van der Waals surface area contributed by atoms with E-state index in [-0.39, 0.29) is 22.9 Å². The van der Waals surface area contributed by atoms with Crippen molar-refractivity contribution in [1.29, 1.82) is 0 Å². The van der Waals surface area contributed by atoms with Crippen molar-refractivity contribution in [3.05, 3.63) is 75.3 Å². The molecule has 1 saturated heterocycles. The summed E-state index contributed by atoms with van der Waals surface area (Å²) in [7, 11) is 0. The zero-order valence-corrected chi connectivity index (χ0v) is 19.6. The maximum atomic E-state index is 13.3. The minimum absolute atomic E-state index is 0.0334. The first kappa shape index (κ1) is 23.1. The van der Waals surface area contributed by atoms with Gasteiger partial charge in [-0.3, -0.25) is 18.9 Å². The minimum atomic E-state index is -0.406. The second-order valence-corrected chi connectivity index (χ2v) is 9.19. The van der Waals surface area contributed by atoms with E-state index in [2.05, 4.69) is 11.9 Å². The first-order valence-corrected chi connectivity index (χ1v) is 11.9. The zero-order valence-electron chi connectivity index (χ0n) is 18.0. The van der Waals surface area contributed by atoms with E-state index < -0.39 is 5.82 Å². The number of rotatable bonds is 8. The maximum Gasteiger partial charge on any atom is 0.269 e. The number of amides is 1. The van der Waals surface area contributed by atoms with Crippen LogP contribution in [0.4, 0.5) is 4.39 Å². The fraction of sp³-hybridized carbons (Fsp3) is 0.250. The van der Waals surface area contributed by atoms with Gasteiger partial charge in [0.25, 0.3) is 11.5 Å². The Morgan fingerprint density at radius 2 is 1.91 bits per heavy atom. The lowest BCUT2D eigenvalue weighted by molar-refractivity contribution is -0.122. The summed E-state index contributed by atoms with van der Waals surface area (Å²) in [5.41, 5.74) is 0.126. The molecule has 0 unspecified atom stereocenters. The van der Waals surface area contributed by atoms with Gasteiger partial charge in [-0.15, -0.1) is 0 Å². The van der Waals surface area contributed by atoms with E-state index in [0.29, 0.717) is 27.2 Å². The van der Waals surface area contributed by atoms with Gasteiger partial charge >= 0.3 is 0 Å². The molecule has 0 atom stereocenters. The fourth-order valence-electron chi connectivity index (χ4n) is 3.42. The number of pyridine rings is 1. The molecule has 2 aromatic heterocycles. The van der Waals surface area contributed by atoms with E-state index in [1.807, 2.05) is 0 Å². The van der Waals surface area contributed by atoms with Crippen molar-refractivity contribution in [3.8, 4) is 11.6 Å². The van der Waals surface area contributed by atoms with Crippen LogP contribution in [0.5, 0.6) is 11.6 Å². The van der Waals surface area contributed by atoms with Gasteiger partial charge in [0.15, 0.2) is 0 Å². The molecule has 0 radical (unpaired) electrons. The molecule has 33 heavy (non-hydrogen) atoms. The first-order valence-electron chi connectivity index (χ1n) is 10.7. The lowest BCUT2D eigenvalue weighted by Gasteiger charge is -2.14.